The van der Waals surface area contributed by atoms with Crippen LogP contribution in [0.3, 0.4) is 0 Å². The van der Waals surface area contributed by atoms with E-state index >= 15 is 0 Å². The first-order valence-corrected chi connectivity index (χ1v) is 9.22. The Morgan fingerprint density at radius 1 is 1.15 bits per heavy atom. The Bertz CT molecular complexity index is 834. The summed E-state index contributed by atoms with van der Waals surface area (Å²) in [6, 6.07) is 8.98. The number of thioether (sulfide) groups is 1. The normalized spacial score (nSPS) is 14.0. The smallest absolute Gasteiger partial charge is 0.348 e. The molecule has 1 saturated carbocycles. The van der Waals surface area contributed by atoms with E-state index in [0.717, 1.165) is 12.8 Å². The second kappa shape index (κ2) is 8.12. The highest BCUT2D eigenvalue weighted by molar-refractivity contribution is 8.00. The summed E-state index contributed by atoms with van der Waals surface area (Å²) in [4.78, 5) is 28.4. The number of hydrogen-bond acceptors (Lipinski definition) is 4. The third kappa shape index (κ3) is 6.09. The minimum atomic E-state index is -4.32. The van der Waals surface area contributed by atoms with E-state index in [1.54, 1.807) is 24.3 Å². The summed E-state index contributed by atoms with van der Waals surface area (Å²) in [5.41, 5.74) is -2.68. The molecule has 1 fully saturated rings. The fourth-order valence-corrected chi connectivity index (χ4v) is 3.08. The molecule has 0 aliphatic heterocycles. The summed E-state index contributed by atoms with van der Waals surface area (Å²) in [6.07, 6.45) is 3.58. The van der Waals surface area contributed by atoms with Crippen LogP contribution in [0.2, 0.25) is 0 Å². The Kier molecular flexibility index (Phi) is 5.84. The topological polar surface area (TPSA) is 59.1 Å². The van der Waals surface area contributed by atoms with Gasteiger partial charge in [-0.1, -0.05) is 12.1 Å². The molecule has 0 atom stereocenters. The summed E-state index contributed by atoms with van der Waals surface area (Å²) in [7, 11) is 0. The lowest BCUT2D eigenvalue weighted by Gasteiger charge is -2.08. The second-order valence-corrected chi connectivity index (χ2v) is 7.47. The first-order chi connectivity index (χ1) is 12.8. The number of aromatic nitrogens is 1. The zero-order chi connectivity index (χ0) is 19.4. The summed E-state index contributed by atoms with van der Waals surface area (Å²) < 4.78 is 37.0. The Hall–Kier alpha value is -2.35. The van der Waals surface area contributed by atoms with Crippen molar-refractivity contribution in [2.45, 2.75) is 36.2 Å². The van der Waals surface area contributed by atoms with Gasteiger partial charge in [0.25, 0.3) is 5.91 Å². The van der Waals surface area contributed by atoms with Gasteiger partial charge in [-0.05, 0) is 54.4 Å². The van der Waals surface area contributed by atoms with Crippen molar-refractivity contribution in [3.63, 3.8) is 0 Å². The van der Waals surface area contributed by atoms with Crippen molar-refractivity contribution in [3.8, 4) is 0 Å². The highest BCUT2D eigenvalue weighted by Crippen LogP contribution is 2.36. The number of carbonyl (C=O) groups excluding carboxylic acids is 2. The van der Waals surface area contributed by atoms with E-state index in [9.17, 15) is 22.8 Å². The Morgan fingerprint density at radius 2 is 1.85 bits per heavy atom. The molecule has 1 aliphatic carbocycles. The maximum Gasteiger partial charge on any atom is 0.446 e. The summed E-state index contributed by atoms with van der Waals surface area (Å²) in [5, 5.41) is 2.72. The zero-order valence-corrected chi connectivity index (χ0v) is 15.1. The number of pyridine rings is 1. The molecule has 0 unspecified atom stereocenters. The van der Waals surface area contributed by atoms with Crippen LogP contribution >= 0.6 is 11.8 Å². The molecule has 1 aromatic carbocycles. The highest BCUT2D eigenvalue weighted by Gasteiger charge is 2.30. The maximum absolute atomic E-state index is 12.3. The first kappa shape index (κ1) is 19.4. The van der Waals surface area contributed by atoms with Gasteiger partial charge < -0.3 is 5.32 Å². The Morgan fingerprint density at radius 3 is 2.48 bits per heavy atom. The van der Waals surface area contributed by atoms with Crippen LogP contribution in [0.4, 0.5) is 13.2 Å². The van der Waals surface area contributed by atoms with Crippen LogP contribution in [0.15, 0.2) is 47.5 Å². The van der Waals surface area contributed by atoms with Crippen molar-refractivity contribution in [3.05, 3.63) is 59.4 Å². The number of rotatable bonds is 7. The molecule has 4 nitrogen and oxygen atoms in total. The van der Waals surface area contributed by atoms with Gasteiger partial charge in [0.1, 0.15) is 5.78 Å². The van der Waals surface area contributed by atoms with Crippen molar-refractivity contribution < 1.29 is 22.8 Å². The fourth-order valence-electron chi connectivity index (χ4n) is 2.54. The lowest BCUT2D eigenvalue weighted by molar-refractivity contribution is -0.119. The van der Waals surface area contributed by atoms with Crippen LogP contribution in [0.5, 0.6) is 0 Å². The molecule has 1 aromatic heterocycles. The van der Waals surface area contributed by atoms with Gasteiger partial charge in [-0.3, -0.25) is 14.6 Å². The molecule has 1 aliphatic rings. The molecule has 0 radical (unpaired) electrons. The summed E-state index contributed by atoms with van der Waals surface area (Å²) in [5.74, 6) is -0.0362. The molecule has 1 amide bonds. The molecule has 27 heavy (non-hydrogen) atoms. The van der Waals surface area contributed by atoms with Gasteiger partial charge in [-0.15, -0.1) is 0 Å². The van der Waals surface area contributed by atoms with E-state index in [2.05, 4.69) is 10.3 Å². The van der Waals surface area contributed by atoms with Crippen LogP contribution < -0.4 is 5.32 Å². The predicted molar refractivity (Wildman–Crippen MR) is 95.2 cm³/mol. The van der Waals surface area contributed by atoms with Gasteiger partial charge in [0.05, 0.1) is 0 Å². The lowest BCUT2D eigenvalue weighted by Crippen LogP contribution is -2.23. The first-order valence-electron chi connectivity index (χ1n) is 8.41. The minimum absolute atomic E-state index is 0.0941. The molecule has 142 valence electrons. The van der Waals surface area contributed by atoms with Crippen molar-refractivity contribution in [2.24, 2.45) is 5.92 Å². The summed E-state index contributed by atoms with van der Waals surface area (Å²) in [6.45, 7) is 0.189. The van der Waals surface area contributed by atoms with Gasteiger partial charge in [-0.25, -0.2) is 0 Å². The number of carbonyl (C=O) groups is 2. The lowest BCUT2D eigenvalue weighted by atomic mass is 10.1. The summed E-state index contributed by atoms with van der Waals surface area (Å²) >= 11 is -0.178. The SMILES string of the molecule is O=C(NCc1ccc(SC(F)(F)F)cc1)c1ccnc(CC(=O)C2CC2)c1. The number of nitrogens with zero attached hydrogens (tertiary/aromatic N) is 1. The van der Waals surface area contributed by atoms with Crippen LogP contribution in [-0.4, -0.2) is 22.2 Å². The molecular formula is C19H17F3N2O2S. The number of hydrogen-bond donors (Lipinski definition) is 1. The van der Waals surface area contributed by atoms with Crippen LogP contribution in [0.1, 0.15) is 34.5 Å². The molecular weight excluding hydrogens is 377 g/mol. The second-order valence-electron chi connectivity index (χ2n) is 6.33. The maximum atomic E-state index is 12.3. The van der Waals surface area contributed by atoms with Crippen LogP contribution in [0.25, 0.3) is 0 Å². The third-order valence-corrected chi connectivity index (χ3v) is 4.82. The molecule has 3 rings (SSSR count). The zero-order valence-electron chi connectivity index (χ0n) is 14.3. The minimum Gasteiger partial charge on any atom is -0.348 e. The van der Waals surface area contributed by atoms with Crippen LogP contribution in [-0.2, 0) is 17.8 Å². The molecule has 2 aromatic rings. The van der Waals surface area contributed by atoms with Crippen molar-refractivity contribution in [1.82, 2.24) is 10.3 Å². The average Bonchev–Trinajstić information content (AvgIpc) is 3.45. The van der Waals surface area contributed by atoms with E-state index in [1.807, 2.05) is 0 Å². The number of Topliss-reactive ketones (excluding diaryl/α,β-unsaturated/α-hetero) is 1. The fraction of sp³-hybridized carbons (Fsp3) is 0.316. The average molecular weight is 394 g/mol. The van der Waals surface area contributed by atoms with Gasteiger partial charge in [-0.2, -0.15) is 13.2 Å². The largest absolute Gasteiger partial charge is 0.446 e. The van der Waals surface area contributed by atoms with Crippen molar-refractivity contribution in [2.75, 3.05) is 0 Å². The number of nitrogens with one attached hydrogen (secondary N) is 1. The van der Waals surface area contributed by atoms with Crippen LogP contribution in [0, 0.1) is 5.92 Å². The van der Waals surface area contributed by atoms with E-state index in [1.165, 1.54) is 18.3 Å². The molecule has 0 saturated heterocycles. The molecule has 0 spiro atoms. The number of benzene rings is 1. The van der Waals surface area contributed by atoms with Crippen molar-refractivity contribution in [1.29, 1.82) is 0 Å². The monoisotopic (exact) mass is 394 g/mol. The standard InChI is InChI=1S/C19H17F3N2O2S/c20-19(21,22)27-16-5-1-12(2-6-16)11-24-18(26)14-7-8-23-15(9-14)10-17(25)13-3-4-13/h1-2,5-9,13H,3-4,10-11H2,(H,24,26). The van der Waals surface area contributed by atoms with Gasteiger partial charge in [0.15, 0.2) is 0 Å². The molecule has 0 bridgehead atoms. The number of halogens is 3. The number of ketones is 1. The van der Waals surface area contributed by atoms with Gasteiger partial charge >= 0.3 is 5.51 Å². The third-order valence-electron chi connectivity index (χ3n) is 4.08. The van der Waals surface area contributed by atoms with E-state index < -0.39 is 5.51 Å². The molecule has 1 N–H and O–H groups in total. The quantitative estimate of drug-likeness (QED) is 0.717. The Labute approximate surface area is 158 Å². The molecule has 8 heteroatoms. The number of alkyl halides is 3. The number of amides is 1. The van der Waals surface area contributed by atoms with E-state index in [4.69, 9.17) is 0 Å². The van der Waals surface area contributed by atoms with E-state index in [-0.39, 0.29) is 47.2 Å². The Balaban J connectivity index is 1.55. The van der Waals surface area contributed by atoms with E-state index in [0.29, 0.717) is 16.8 Å². The van der Waals surface area contributed by atoms with Gasteiger partial charge in [0, 0.05) is 41.2 Å². The molecule has 1 heterocycles. The highest BCUT2D eigenvalue weighted by atomic mass is 32.2. The van der Waals surface area contributed by atoms with Gasteiger partial charge in [0.2, 0.25) is 0 Å². The van der Waals surface area contributed by atoms with Crippen molar-refractivity contribution >= 4 is 23.5 Å². The predicted octanol–water partition coefficient (Wildman–Crippen LogP) is 4.15.